The van der Waals surface area contributed by atoms with E-state index < -0.39 is 0 Å². The molecule has 0 spiro atoms. The van der Waals surface area contributed by atoms with Gasteiger partial charge in [0, 0.05) is 16.0 Å². The lowest BCUT2D eigenvalue weighted by Gasteiger charge is -2.00. The molecule has 0 N–H and O–H groups in total. The first kappa shape index (κ1) is 18.9. The van der Waals surface area contributed by atoms with Gasteiger partial charge in [0.05, 0.1) is 17.5 Å². The van der Waals surface area contributed by atoms with Gasteiger partial charge in [-0.2, -0.15) is 5.26 Å². The van der Waals surface area contributed by atoms with Crippen molar-refractivity contribution in [1.82, 2.24) is 9.38 Å². The number of rotatable bonds is 4. The molecule has 4 nitrogen and oxygen atoms in total. The van der Waals surface area contributed by atoms with E-state index in [-0.39, 0.29) is 5.56 Å². The van der Waals surface area contributed by atoms with Crippen LogP contribution in [0.5, 0.6) is 0 Å². The van der Waals surface area contributed by atoms with Crippen LogP contribution in [0.15, 0.2) is 41.3 Å². The Morgan fingerprint density at radius 2 is 2.00 bits per heavy atom. The summed E-state index contributed by atoms with van der Waals surface area (Å²) in [4.78, 5) is 17.7. The second kappa shape index (κ2) is 7.62. The van der Waals surface area contributed by atoms with Crippen molar-refractivity contribution >= 4 is 36.5 Å². The minimum Gasteiger partial charge on any atom is -0.268 e. The maximum absolute atomic E-state index is 13.1. The minimum absolute atomic E-state index is 0.237. The molecular formula is C22H21N3O. The lowest BCUT2D eigenvalue weighted by Crippen LogP contribution is -2.50. The number of fused-ring (bicyclic) bond motifs is 1. The summed E-state index contributed by atoms with van der Waals surface area (Å²) in [6, 6.07) is 2.07. The highest BCUT2D eigenvalue weighted by Gasteiger charge is 2.13. The van der Waals surface area contributed by atoms with E-state index in [1.54, 1.807) is 31.2 Å². The summed E-state index contributed by atoms with van der Waals surface area (Å²) in [7, 11) is 0. The molecule has 0 fully saturated rings. The standard InChI is InChI=1S/C22H21N3O/c1-7-17-16(6)18(11-9-10-14(3)4)22(26)25-20(12-15(5)13-23)19(8-2)24-21(17)25/h7-12H,2-3,6H2,1,4-5H3/b10-9-,15-12+,17-7+,18-11+. The monoisotopic (exact) mass is 343 g/mol. The smallest absolute Gasteiger partial charge is 0.264 e. The molecule has 26 heavy (non-hydrogen) atoms. The zero-order chi connectivity index (χ0) is 19.4. The average molecular weight is 343 g/mol. The molecular weight excluding hydrogens is 322 g/mol. The molecule has 0 atom stereocenters. The number of nitrogens with zero attached hydrogens (tertiary/aromatic N) is 3. The van der Waals surface area contributed by atoms with E-state index in [9.17, 15) is 4.79 Å². The van der Waals surface area contributed by atoms with Crippen LogP contribution in [0.25, 0.3) is 36.5 Å². The zero-order valence-electron chi connectivity index (χ0n) is 15.3. The van der Waals surface area contributed by atoms with Crippen molar-refractivity contribution in [1.29, 1.82) is 5.26 Å². The predicted molar refractivity (Wildman–Crippen MR) is 109 cm³/mol. The van der Waals surface area contributed by atoms with Gasteiger partial charge >= 0.3 is 0 Å². The van der Waals surface area contributed by atoms with Crippen LogP contribution >= 0.6 is 0 Å². The molecule has 0 saturated carbocycles. The molecule has 0 aliphatic rings. The zero-order valence-corrected chi connectivity index (χ0v) is 15.3. The third kappa shape index (κ3) is 3.33. The van der Waals surface area contributed by atoms with E-state index in [4.69, 9.17) is 5.26 Å². The highest BCUT2D eigenvalue weighted by Crippen LogP contribution is 2.13. The number of hydrogen-bond donors (Lipinski definition) is 0. The maximum atomic E-state index is 13.1. The van der Waals surface area contributed by atoms with Gasteiger partial charge in [-0.1, -0.05) is 43.5 Å². The molecule has 130 valence electrons. The van der Waals surface area contributed by atoms with Crippen LogP contribution in [0.4, 0.5) is 0 Å². The molecule has 0 radical (unpaired) electrons. The summed E-state index contributed by atoms with van der Waals surface area (Å²) < 4.78 is 1.52. The Kier molecular flexibility index (Phi) is 5.54. The van der Waals surface area contributed by atoms with E-state index >= 15 is 0 Å². The van der Waals surface area contributed by atoms with Gasteiger partial charge in [0.2, 0.25) is 0 Å². The molecule has 2 rings (SSSR count). The number of pyridine rings is 1. The lowest BCUT2D eigenvalue weighted by molar-refractivity contribution is 1.06. The van der Waals surface area contributed by atoms with E-state index in [1.165, 1.54) is 4.40 Å². The summed E-state index contributed by atoms with van der Waals surface area (Å²) >= 11 is 0. The van der Waals surface area contributed by atoms with Crippen LogP contribution < -0.4 is 21.2 Å². The second-order valence-corrected chi connectivity index (χ2v) is 5.96. The Labute approximate surface area is 152 Å². The summed E-state index contributed by atoms with van der Waals surface area (Å²) in [5, 5.41) is 11.0. The largest absolute Gasteiger partial charge is 0.268 e. The van der Waals surface area contributed by atoms with Gasteiger partial charge < -0.3 is 0 Å². The van der Waals surface area contributed by atoms with Crippen LogP contribution in [0.3, 0.4) is 0 Å². The summed E-state index contributed by atoms with van der Waals surface area (Å²) in [6.45, 7) is 17.1. The number of nitriles is 1. The van der Waals surface area contributed by atoms with Crippen molar-refractivity contribution in [3.05, 3.63) is 73.9 Å². The molecule has 0 aliphatic heterocycles. The highest BCUT2D eigenvalue weighted by molar-refractivity contribution is 5.68. The Balaban J connectivity index is 3.14. The van der Waals surface area contributed by atoms with Gasteiger partial charge in [-0.05, 0) is 44.2 Å². The van der Waals surface area contributed by atoms with Crippen LogP contribution in [0.1, 0.15) is 32.2 Å². The summed E-state index contributed by atoms with van der Waals surface area (Å²) in [5.41, 5.74) is 2.72. The maximum Gasteiger partial charge on any atom is 0.264 e. The van der Waals surface area contributed by atoms with Crippen LogP contribution in [-0.4, -0.2) is 9.38 Å². The first-order chi connectivity index (χ1) is 12.3. The van der Waals surface area contributed by atoms with Crippen molar-refractivity contribution in [3.8, 4) is 6.07 Å². The molecule has 2 aromatic rings. The lowest BCUT2D eigenvalue weighted by atomic mass is 10.2. The van der Waals surface area contributed by atoms with E-state index in [0.29, 0.717) is 33.0 Å². The third-order valence-corrected chi connectivity index (χ3v) is 3.92. The van der Waals surface area contributed by atoms with Crippen molar-refractivity contribution in [2.45, 2.75) is 20.8 Å². The van der Waals surface area contributed by atoms with E-state index in [1.807, 2.05) is 26.0 Å². The normalized spacial score (nSPS) is 13.5. The molecule has 0 aromatic carbocycles. The van der Waals surface area contributed by atoms with Crippen molar-refractivity contribution in [3.63, 3.8) is 0 Å². The van der Waals surface area contributed by atoms with E-state index in [0.717, 1.165) is 10.8 Å². The van der Waals surface area contributed by atoms with Gasteiger partial charge in [-0.3, -0.25) is 9.20 Å². The fraction of sp³-hybridized carbons (Fsp3) is 0.136. The Bertz CT molecular complexity index is 1230. The third-order valence-electron chi connectivity index (χ3n) is 3.92. The fourth-order valence-corrected chi connectivity index (χ4v) is 2.68. The SMILES string of the molecule is C=Cc1nc2/c(=C/C)c(=C)/c(=C\C=C/C(=C)C)c(=O)n2c1/C=C(\C)C#N. The molecule has 0 saturated heterocycles. The molecule has 2 heterocycles. The first-order valence-corrected chi connectivity index (χ1v) is 8.14. The Morgan fingerprint density at radius 3 is 2.54 bits per heavy atom. The van der Waals surface area contributed by atoms with Crippen molar-refractivity contribution in [2.24, 2.45) is 0 Å². The molecule has 4 heteroatoms. The molecule has 0 bridgehead atoms. The fourth-order valence-electron chi connectivity index (χ4n) is 2.68. The van der Waals surface area contributed by atoms with Gasteiger partial charge in [0.15, 0.2) is 0 Å². The van der Waals surface area contributed by atoms with Crippen LogP contribution in [-0.2, 0) is 0 Å². The number of aromatic nitrogens is 2. The van der Waals surface area contributed by atoms with Gasteiger partial charge in [0.1, 0.15) is 5.65 Å². The van der Waals surface area contributed by atoms with E-state index in [2.05, 4.69) is 30.8 Å². The first-order valence-electron chi connectivity index (χ1n) is 8.14. The number of allylic oxidation sites excluding steroid dienone is 4. The summed E-state index contributed by atoms with van der Waals surface area (Å²) in [5.74, 6) is 0. The van der Waals surface area contributed by atoms with Crippen molar-refractivity contribution < 1.29 is 0 Å². The van der Waals surface area contributed by atoms with Gasteiger partial charge in [-0.15, -0.1) is 0 Å². The molecule has 0 unspecified atom stereocenters. The Morgan fingerprint density at radius 1 is 1.31 bits per heavy atom. The predicted octanol–water partition coefficient (Wildman–Crippen LogP) is 2.11. The quantitative estimate of drug-likeness (QED) is 0.631. The Hall–Kier alpha value is -3.45. The molecule has 2 aromatic heterocycles. The number of imidazole rings is 1. The number of hydrogen-bond acceptors (Lipinski definition) is 3. The molecule has 0 aliphatic carbocycles. The topological polar surface area (TPSA) is 58.2 Å². The highest BCUT2D eigenvalue weighted by atomic mass is 16.1. The van der Waals surface area contributed by atoms with Crippen molar-refractivity contribution in [2.75, 3.05) is 0 Å². The average Bonchev–Trinajstić information content (AvgIpc) is 2.96. The van der Waals surface area contributed by atoms with Gasteiger partial charge in [0.25, 0.3) is 5.56 Å². The van der Waals surface area contributed by atoms with Gasteiger partial charge in [-0.25, -0.2) is 4.98 Å². The van der Waals surface area contributed by atoms with Crippen LogP contribution in [0, 0.1) is 11.3 Å². The minimum atomic E-state index is -0.237. The second-order valence-electron chi connectivity index (χ2n) is 5.96. The van der Waals surface area contributed by atoms with Crippen LogP contribution in [0.2, 0.25) is 0 Å². The summed E-state index contributed by atoms with van der Waals surface area (Å²) in [6.07, 6.45) is 10.4. The molecule has 0 amide bonds.